The molecule has 1 aromatic heterocycles. The third-order valence-corrected chi connectivity index (χ3v) is 4.47. The minimum atomic E-state index is -0.993. The lowest BCUT2D eigenvalue weighted by atomic mass is 10.2. The molecule has 3 aromatic rings. The van der Waals surface area contributed by atoms with Crippen LogP contribution in [0.1, 0.15) is 11.1 Å². The van der Waals surface area contributed by atoms with Crippen molar-refractivity contribution in [3.05, 3.63) is 92.4 Å². The van der Waals surface area contributed by atoms with Gasteiger partial charge < -0.3 is 4.74 Å². The van der Waals surface area contributed by atoms with Gasteiger partial charge in [-0.3, -0.25) is 9.36 Å². The summed E-state index contributed by atoms with van der Waals surface area (Å²) in [5.41, 5.74) is -1.29. The van der Waals surface area contributed by atoms with E-state index < -0.39 is 39.5 Å². The molecule has 2 aromatic carbocycles. The smallest absolute Gasteiger partial charge is 0.277 e. The van der Waals surface area contributed by atoms with Gasteiger partial charge in [0.2, 0.25) is 0 Å². The average Bonchev–Trinajstić information content (AvgIpc) is 2.65. The van der Waals surface area contributed by atoms with Gasteiger partial charge in [0.05, 0.1) is 0 Å². The number of pyridine rings is 1. The maximum Gasteiger partial charge on any atom is 0.277 e. The normalized spacial score (nSPS) is 11.0. The van der Waals surface area contributed by atoms with E-state index in [-0.39, 0.29) is 30.0 Å². The van der Waals surface area contributed by atoms with E-state index >= 15 is 0 Å². The van der Waals surface area contributed by atoms with E-state index in [2.05, 4.69) is 4.84 Å². The number of ether oxygens (including phenoxy) is 1. The fraction of sp³-hybridized carbons (Fsp3) is 0.105. The number of nitrogens with zero attached hydrogens (tertiary/aromatic N) is 1. The molecular formula is C19H12Cl2F4N2O2. The molecule has 0 radical (unpaired) electrons. The molecule has 0 bridgehead atoms. The largest absolute Gasteiger partial charge is 0.487 e. The van der Waals surface area contributed by atoms with Gasteiger partial charge in [-0.05, 0) is 47.7 Å². The van der Waals surface area contributed by atoms with E-state index in [1.165, 1.54) is 12.1 Å². The number of halogens is 6. The maximum atomic E-state index is 14.4. The monoisotopic (exact) mass is 446 g/mol. The molecule has 0 aliphatic heterocycles. The van der Waals surface area contributed by atoms with Gasteiger partial charge in [-0.15, -0.1) is 0 Å². The van der Waals surface area contributed by atoms with E-state index in [1.54, 1.807) is 0 Å². The molecule has 0 atom stereocenters. The predicted octanol–water partition coefficient (Wildman–Crippen LogP) is 4.87. The summed E-state index contributed by atoms with van der Waals surface area (Å²) in [6, 6.07) is 6.18. The van der Waals surface area contributed by atoms with Crippen LogP contribution in [0.5, 0.6) is 5.75 Å². The molecule has 1 heterocycles. The van der Waals surface area contributed by atoms with E-state index in [4.69, 9.17) is 28.1 Å². The van der Waals surface area contributed by atoms with Crippen LogP contribution in [-0.4, -0.2) is 4.57 Å². The first-order valence-corrected chi connectivity index (χ1v) is 8.87. The van der Waals surface area contributed by atoms with E-state index in [0.717, 1.165) is 24.4 Å². The summed E-state index contributed by atoms with van der Waals surface area (Å²) >= 11 is 11.3. The molecule has 0 saturated carbocycles. The van der Waals surface area contributed by atoms with Gasteiger partial charge in [0.25, 0.3) is 5.56 Å². The van der Waals surface area contributed by atoms with Crippen LogP contribution in [-0.2, 0) is 13.2 Å². The number of aromatic nitrogens is 1. The van der Waals surface area contributed by atoms with Crippen LogP contribution in [0.25, 0.3) is 5.69 Å². The second kappa shape index (κ2) is 8.86. The van der Waals surface area contributed by atoms with Crippen LogP contribution >= 0.6 is 23.4 Å². The molecule has 10 heteroatoms. The molecule has 0 fully saturated rings. The van der Waals surface area contributed by atoms with Crippen LogP contribution in [0.2, 0.25) is 5.02 Å². The summed E-state index contributed by atoms with van der Waals surface area (Å²) in [6.45, 7) is -0.323. The van der Waals surface area contributed by atoms with Crippen LogP contribution in [0, 0.1) is 23.3 Å². The Hall–Kier alpha value is -2.55. The Morgan fingerprint density at radius 2 is 1.69 bits per heavy atom. The lowest BCUT2D eigenvalue weighted by Crippen LogP contribution is -2.21. The first-order valence-electron chi connectivity index (χ1n) is 8.11. The van der Waals surface area contributed by atoms with E-state index in [0.29, 0.717) is 10.6 Å². The number of benzene rings is 2. The van der Waals surface area contributed by atoms with Gasteiger partial charge in [-0.2, -0.15) is 0 Å². The second-order valence-corrected chi connectivity index (χ2v) is 6.56. The molecule has 0 amide bonds. The minimum Gasteiger partial charge on any atom is -0.487 e. The van der Waals surface area contributed by atoms with Gasteiger partial charge in [-0.25, -0.2) is 22.4 Å². The van der Waals surface area contributed by atoms with Crippen LogP contribution < -0.4 is 15.1 Å². The molecule has 1 N–H and O–H groups in total. The van der Waals surface area contributed by atoms with Crippen molar-refractivity contribution in [2.45, 2.75) is 13.2 Å². The first-order chi connectivity index (χ1) is 13.8. The Bertz CT molecular complexity index is 1100. The summed E-state index contributed by atoms with van der Waals surface area (Å²) in [7, 11) is 0. The Morgan fingerprint density at radius 1 is 1.00 bits per heavy atom. The maximum absolute atomic E-state index is 14.4. The molecule has 29 heavy (non-hydrogen) atoms. The van der Waals surface area contributed by atoms with Gasteiger partial charge in [0.1, 0.15) is 34.7 Å². The number of rotatable bonds is 6. The van der Waals surface area contributed by atoms with E-state index in [1.807, 2.05) is 0 Å². The summed E-state index contributed by atoms with van der Waals surface area (Å²) < 4.78 is 61.4. The Balaban J connectivity index is 1.91. The van der Waals surface area contributed by atoms with Crippen molar-refractivity contribution in [1.29, 1.82) is 0 Å². The molecular weight excluding hydrogens is 435 g/mol. The second-order valence-electron chi connectivity index (χ2n) is 5.91. The molecule has 0 saturated heterocycles. The van der Waals surface area contributed by atoms with Crippen molar-refractivity contribution in [2.75, 3.05) is 0 Å². The topological polar surface area (TPSA) is 43.3 Å². The molecule has 4 nitrogen and oxygen atoms in total. The number of nitrogens with one attached hydrogen (secondary N) is 1. The highest BCUT2D eigenvalue weighted by molar-refractivity contribution is 6.31. The predicted molar refractivity (Wildman–Crippen MR) is 100 cm³/mol. The Labute approximate surface area is 172 Å². The lowest BCUT2D eigenvalue weighted by molar-refractivity contribution is 0.298. The number of hydrogen-bond donors (Lipinski definition) is 1. The molecule has 0 aliphatic carbocycles. The Morgan fingerprint density at radius 3 is 2.31 bits per heavy atom. The molecule has 152 valence electrons. The summed E-state index contributed by atoms with van der Waals surface area (Å²) in [6.07, 6.45) is 1.07. The number of hydrogen-bond acceptors (Lipinski definition) is 3. The van der Waals surface area contributed by atoms with Gasteiger partial charge in [-0.1, -0.05) is 11.6 Å². The first kappa shape index (κ1) is 21.2. The highest BCUT2D eigenvalue weighted by atomic mass is 35.5. The van der Waals surface area contributed by atoms with Crippen molar-refractivity contribution >= 4 is 23.4 Å². The Kier molecular flexibility index (Phi) is 6.46. The average molecular weight is 447 g/mol. The van der Waals surface area contributed by atoms with Gasteiger partial charge in [0, 0.05) is 24.4 Å². The van der Waals surface area contributed by atoms with Gasteiger partial charge >= 0.3 is 0 Å². The lowest BCUT2D eigenvalue weighted by Gasteiger charge is -2.13. The van der Waals surface area contributed by atoms with Crippen molar-refractivity contribution in [2.24, 2.45) is 0 Å². The fourth-order valence-corrected chi connectivity index (χ4v) is 2.97. The standard InChI is InChI=1S/C19H12Cl2F4N2O2/c20-17-16(29-9-11-1-2-12(22)7-13(11)23)3-4-27(19(17)28)18-14(24)5-10(8-26-21)6-15(18)25/h1-7,26H,8-9H2. The summed E-state index contributed by atoms with van der Waals surface area (Å²) in [5, 5.41) is -0.458. The zero-order valence-corrected chi connectivity index (χ0v) is 16.0. The molecule has 0 aliphatic rings. The van der Waals surface area contributed by atoms with Crippen molar-refractivity contribution in [3.63, 3.8) is 0 Å². The fourth-order valence-electron chi connectivity index (χ4n) is 2.60. The van der Waals surface area contributed by atoms with Crippen molar-refractivity contribution in [3.8, 4) is 11.4 Å². The third-order valence-electron chi connectivity index (χ3n) is 3.98. The zero-order valence-electron chi connectivity index (χ0n) is 14.5. The van der Waals surface area contributed by atoms with Crippen molar-refractivity contribution < 1.29 is 22.3 Å². The van der Waals surface area contributed by atoms with Crippen molar-refractivity contribution in [1.82, 2.24) is 9.40 Å². The summed E-state index contributed by atoms with van der Waals surface area (Å²) in [4.78, 5) is 14.7. The highest BCUT2D eigenvalue weighted by Crippen LogP contribution is 2.25. The van der Waals surface area contributed by atoms with Gasteiger partial charge in [0.15, 0.2) is 11.6 Å². The highest BCUT2D eigenvalue weighted by Gasteiger charge is 2.18. The summed E-state index contributed by atoms with van der Waals surface area (Å²) in [5.74, 6) is -3.69. The molecule has 0 unspecified atom stereocenters. The third kappa shape index (κ3) is 4.55. The quantitative estimate of drug-likeness (QED) is 0.433. The van der Waals surface area contributed by atoms with Crippen LogP contribution in [0.4, 0.5) is 17.6 Å². The minimum absolute atomic E-state index is 0.0120. The SMILES string of the molecule is O=c1c(Cl)c(OCc2ccc(F)cc2F)ccn1-c1c(F)cc(CNCl)cc1F. The molecule has 0 spiro atoms. The zero-order chi connectivity index (χ0) is 21.1. The van der Waals surface area contributed by atoms with Crippen LogP contribution in [0.15, 0.2) is 47.4 Å². The molecule has 3 rings (SSSR count). The van der Waals surface area contributed by atoms with Crippen LogP contribution in [0.3, 0.4) is 0 Å². The van der Waals surface area contributed by atoms with E-state index in [9.17, 15) is 22.4 Å².